The van der Waals surface area contributed by atoms with Crippen LogP contribution in [0.15, 0.2) is 24.3 Å². The molecule has 3 heterocycles. The molecule has 154 valence electrons. The van der Waals surface area contributed by atoms with E-state index < -0.39 is 0 Å². The third kappa shape index (κ3) is 4.28. The Labute approximate surface area is 174 Å². The third-order valence-corrected chi connectivity index (χ3v) is 6.04. The fraction of sp³-hybridized carbons (Fsp3) is 0.476. The molecule has 1 aliphatic heterocycles. The van der Waals surface area contributed by atoms with Crippen molar-refractivity contribution in [3.63, 3.8) is 0 Å². The molecule has 1 aliphatic rings. The van der Waals surface area contributed by atoms with Gasteiger partial charge in [-0.2, -0.15) is 5.10 Å². The standard InChI is InChI=1S/C21H26N4O3S/c1-4-27-17-8-5-9-18-20(17)22-21(29-18)24(12-16-7-6-10-28-16)19(26)13-25-15(3)11-14(2)23-25/h5,8-9,11,16H,4,6-7,10,12-13H2,1-3H3. The summed E-state index contributed by atoms with van der Waals surface area (Å²) in [4.78, 5) is 19.8. The minimum atomic E-state index is -0.0382. The van der Waals surface area contributed by atoms with Gasteiger partial charge in [-0.25, -0.2) is 4.98 Å². The number of hydrogen-bond donors (Lipinski definition) is 0. The fourth-order valence-corrected chi connectivity index (χ4v) is 4.64. The van der Waals surface area contributed by atoms with Gasteiger partial charge in [-0.15, -0.1) is 0 Å². The number of fused-ring (bicyclic) bond motifs is 1. The van der Waals surface area contributed by atoms with E-state index in [-0.39, 0.29) is 18.6 Å². The maximum Gasteiger partial charge on any atom is 0.250 e. The van der Waals surface area contributed by atoms with E-state index in [4.69, 9.17) is 14.5 Å². The van der Waals surface area contributed by atoms with Crippen LogP contribution in [0.1, 0.15) is 31.2 Å². The Hall–Kier alpha value is -2.45. The number of aryl methyl sites for hydroxylation is 2. The highest BCUT2D eigenvalue weighted by Crippen LogP contribution is 2.35. The molecule has 29 heavy (non-hydrogen) atoms. The SMILES string of the molecule is CCOc1cccc2sc(N(CC3CCCO3)C(=O)Cn3nc(C)cc3C)nc12. The topological polar surface area (TPSA) is 69.5 Å². The van der Waals surface area contributed by atoms with Gasteiger partial charge in [0.2, 0.25) is 0 Å². The van der Waals surface area contributed by atoms with Crippen LogP contribution < -0.4 is 9.64 Å². The van der Waals surface area contributed by atoms with Gasteiger partial charge in [-0.1, -0.05) is 17.4 Å². The van der Waals surface area contributed by atoms with E-state index in [1.165, 1.54) is 11.3 Å². The monoisotopic (exact) mass is 414 g/mol. The Morgan fingerprint density at radius 1 is 1.41 bits per heavy atom. The molecular formula is C21H26N4O3S. The number of aromatic nitrogens is 3. The lowest BCUT2D eigenvalue weighted by Crippen LogP contribution is -2.39. The highest BCUT2D eigenvalue weighted by atomic mass is 32.1. The van der Waals surface area contributed by atoms with Gasteiger partial charge in [-0.3, -0.25) is 14.4 Å². The second kappa shape index (κ2) is 8.51. The summed E-state index contributed by atoms with van der Waals surface area (Å²) < 4.78 is 14.3. The second-order valence-electron chi connectivity index (χ2n) is 7.26. The van der Waals surface area contributed by atoms with Crippen LogP contribution in [0.25, 0.3) is 10.2 Å². The molecule has 4 rings (SSSR count). The quantitative estimate of drug-likeness (QED) is 0.589. The average Bonchev–Trinajstić information content (AvgIpc) is 3.41. The van der Waals surface area contributed by atoms with Crippen molar-refractivity contribution in [3.05, 3.63) is 35.7 Å². The van der Waals surface area contributed by atoms with Crippen LogP contribution in [0.2, 0.25) is 0 Å². The molecule has 1 aromatic carbocycles. The summed E-state index contributed by atoms with van der Waals surface area (Å²) >= 11 is 1.51. The van der Waals surface area contributed by atoms with Gasteiger partial charge in [0, 0.05) is 12.3 Å². The van der Waals surface area contributed by atoms with Gasteiger partial charge in [-0.05, 0) is 51.8 Å². The van der Waals surface area contributed by atoms with Crippen molar-refractivity contribution in [2.75, 3.05) is 24.7 Å². The zero-order valence-corrected chi connectivity index (χ0v) is 17.9. The number of amides is 1. The molecule has 0 saturated carbocycles. The molecule has 2 aromatic heterocycles. The summed E-state index contributed by atoms with van der Waals surface area (Å²) in [5.74, 6) is 0.708. The summed E-state index contributed by atoms with van der Waals surface area (Å²) in [6, 6.07) is 7.85. The van der Waals surface area contributed by atoms with E-state index >= 15 is 0 Å². The predicted octanol–water partition coefficient (Wildman–Crippen LogP) is 3.72. The third-order valence-electron chi connectivity index (χ3n) is 5.00. The van der Waals surface area contributed by atoms with Crippen LogP contribution >= 0.6 is 11.3 Å². The molecule has 0 N–H and O–H groups in total. The summed E-state index contributed by atoms with van der Waals surface area (Å²) in [7, 11) is 0. The minimum absolute atomic E-state index is 0.0382. The van der Waals surface area contributed by atoms with Crippen LogP contribution in [0, 0.1) is 13.8 Å². The van der Waals surface area contributed by atoms with Gasteiger partial charge >= 0.3 is 0 Å². The number of carbonyl (C=O) groups is 1. The second-order valence-corrected chi connectivity index (χ2v) is 8.27. The number of ether oxygens (including phenoxy) is 2. The molecule has 7 nitrogen and oxygen atoms in total. The fourth-order valence-electron chi connectivity index (χ4n) is 3.63. The molecule has 0 aliphatic carbocycles. The van der Waals surface area contributed by atoms with Crippen molar-refractivity contribution in [1.29, 1.82) is 0 Å². The Kier molecular flexibility index (Phi) is 5.82. The van der Waals surface area contributed by atoms with Crippen LogP contribution in [-0.4, -0.2) is 46.5 Å². The van der Waals surface area contributed by atoms with Gasteiger partial charge in [0.25, 0.3) is 5.91 Å². The van der Waals surface area contributed by atoms with Crippen molar-refractivity contribution in [3.8, 4) is 5.75 Å². The molecule has 0 radical (unpaired) electrons. The summed E-state index contributed by atoms with van der Waals surface area (Å²) in [6.07, 6.45) is 2.02. The lowest BCUT2D eigenvalue weighted by molar-refractivity contribution is -0.119. The molecule has 0 spiro atoms. The Morgan fingerprint density at radius 2 is 2.28 bits per heavy atom. The van der Waals surface area contributed by atoms with Crippen molar-refractivity contribution < 1.29 is 14.3 Å². The molecule has 1 amide bonds. The summed E-state index contributed by atoms with van der Waals surface area (Å²) in [5, 5.41) is 5.12. The van der Waals surface area contributed by atoms with Gasteiger partial charge in [0.1, 0.15) is 17.8 Å². The number of nitrogens with zero attached hydrogens (tertiary/aromatic N) is 4. The number of thiazole rings is 1. The average molecular weight is 415 g/mol. The number of benzene rings is 1. The first-order valence-corrected chi connectivity index (χ1v) is 10.8. The van der Waals surface area contributed by atoms with Crippen LogP contribution in [0.4, 0.5) is 5.13 Å². The Balaban J connectivity index is 1.66. The van der Waals surface area contributed by atoms with E-state index in [0.29, 0.717) is 18.3 Å². The van der Waals surface area contributed by atoms with Gasteiger partial charge in [0.15, 0.2) is 5.13 Å². The molecular weight excluding hydrogens is 388 g/mol. The first-order valence-electron chi connectivity index (χ1n) is 10.0. The first-order chi connectivity index (χ1) is 14.0. The number of anilines is 1. The molecule has 1 fully saturated rings. The molecule has 1 saturated heterocycles. The van der Waals surface area contributed by atoms with Crippen molar-refractivity contribution in [1.82, 2.24) is 14.8 Å². The number of carbonyl (C=O) groups excluding carboxylic acids is 1. The Morgan fingerprint density at radius 3 is 2.97 bits per heavy atom. The van der Waals surface area contributed by atoms with Crippen molar-refractivity contribution in [2.45, 2.75) is 46.3 Å². The highest BCUT2D eigenvalue weighted by molar-refractivity contribution is 7.22. The van der Waals surface area contributed by atoms with Gasteiger partial charge in [0.05, 0.1) is 29.6 Å². The first kappa shape index (κ1) is 19.8. The molecule has 8 heteroatoms. The van der Waals surface area contributed by atoms with Crippen LogP contribution in [-0.2, 0) is 16.1 Å². The predicted molar refractivity (Wildman–Crippen MR) is 114 cm³/mol. The zero-order valence-electron chi connectivity index (χ0n) is 17.1. The van der Waals surface area contributed by atoms with E-state index in [2.05, 4.69) is 5.10 Å². The minimum Gasteiger partial charge on any atom is -0.492 e. The molecule has 1 atom stereocenters. The van der Waals surface area contributed by atoms with E-state index in [1.807, 2.05) is 45.0 Å². The molecule has 0 bridgehead atoms. The highest BCUT2D eigenvalue weighted by Gasteiger charge is 2.27. The number of rotatable bonds is 7. The van der Waals surface area contributed by atoms with E-state index in [0.717, 1.165) is 46.8 Å². The zero-order chi connectivity index (χ0) is 20.4. The smallest absolute Gasteiger partial charge is 0.250 e. The van der Waals surface area contributed by atoms with E-state index in [1.54, 1.807) is 9.58 Å². The maximum atomic E-state index is 13.3. The lowest BCUT2D eigenvalue weighted by atomic mass is 10.2. The normalized spacial score (nSPS) is 16.4. The van der Waals surface area contributed by atoms with Crippen molar-refractivity contribution in [2.24, 2.45) is 0 Å². The van der Waals surface area contributed by atoms with Gasteiger partial charge < -0.3 is 9.47 Å². The number of para-hydroxylation sites is 1. The molecule has 3 aromatic rings. The maximum absolute atomic E-state index is 13.3. The Bertz CT molecular complexity index is 1010. The van der Waals surface area contributed by atoms with Crippen LogP contribution in [0.3, 0.4) is 0 Å². The van der Waals surface area contributed by atoms with Crippen LogP contribution in [0.5, 0.6) is 5.75 Å². The van der Waals surface area contributed by atoms with Crippen molar-refractivity contribution >= 4 is 32.6 Å². The van der Waals surface area contributed by atoms with E-state index in [9.17, 15) is 4.79 Å². The molecule has 1 unspecified atom stereocenters. The summed E-state index contributed by atoms with van der Waals surface area (Å²) in [5.41, 5.74) is 2.67. The number of hydrogen-bond acceptors (Lipinski definition) is 6. The lowest BCUT2D eigenvalue weighted by Gasteiger charge is -2.23. The largest absolute Gasteiger partial charge is 0.492 e. The summed E-state index contributed by atoms with van der Waals surface area (Å²) in [6.45, 7) is 7.85.